The standard InChI is InChI=1S/C11H11N3O3S/c1-17-11(12)14-18(15,16)9-6-2-4-8-5-3-7-13-10(8)9/h2-7H,1H3,(H2,12,14). The van der Waals surface area contributed by atoms with E-state index in [1.54, 1.807) is 24.3 Å². The zero-order valence-electron chi connectivity index (χ0n) is 9.57. The summed E-state index contributed by atoms with van der Waals surface area (Å²) in [7, 11) is -2.68. The molecule has 6 nitrogen and oxygen atoms in total. The Morgan fingerprint density at radius 1 is 1.33 bits per heavy atom. The van der Waals surface area contributed by atoms with Crippen LogP contribution in [-0.4, -0.2) is 26.5 Å². The number of ether oxygens (including phenoxy) is 1. The first-order valence-corrected chi connectivity index (χ1v) is 6.47. The molecular formula is C11H11N3O3S. The molecule has 0 saturated heterocycles. The molecule has 1 aromatic carbocycles. The highest BCUT2D eigenvalue weighted by Crippen LogP contribution is 2.22. The number of methoxy groups -OCH3 is 1. The van der Waals surface area contributed by atoms with Crippen LogP contribution in [0.2, 0.25) is 0 Å². The smallest absolute Gasteiger partial charge is 0.297 e. The van der Waals surface area contributed by atoms with E-state index in [1.807, 2.05) is 0 Å². The Labute approximate surface area is 104 Å². The van der Waals surface area contributed by atoms with Crippen LogP contribution in [0.3, 0.4) is 0 Å². The molecule has 0 atom stereocenters. The number of fused-ring (bicyclic) bond motifs is 1. The molecule has 18 heavy (non-hydrogen) atoms. The Kier molecular flexibility index (Phi) is 3.15. The average molecular weight is 265 g/mol. The third-order valence-corrected chi connectivity index (χ3v) is 3.60. The number of hydrogen-bond donors (Lipinski definition) is 1. The van der Waals surface area contributed by atoms with E-state index < -0.39 is 16.0 Å². The van der Waals surface area contributed by atoms with Crippen LogP contribution in [0.25, 0.3) is 10.9 Å². The van der Waals surface area contributed by atoms with Gasteiger partial charge < -0.3 is 10.5 Å². The fourth-order valence-corrected chi connectivity index (χ4v) is 2.56. The summed E-state index contributed by atoms with van der Waals surface area (Å²) in [4.78, 5) is 4.05. The first kappa shape index (κ1) is 12.3. The van der Waals surface area contributed by atoms with E-state index in [4.69, 9.17) is 5.73 Å². The van der Waals surface area contributed by atoms with Gasteiger partial charge in [0.25, 0.3) is 16.0 Å². The maximum atomic E-state index is 12.0. The third kappa shape index (κ3) is 2.25. The predicted octanol–water partition coefficient (Wildman–Crippen LogP) is 0.885. The van der Waals surface area contributed by atoms with Crippen molar-refractivity contribution in [2.45, 2.75) is 4.90 Å². The zero-order valence-corrected chi connectivity index (χ0v) is 10.4. The number of pyridine rings is 1. The molecule has 2 aromatic rings. The Hall–Kier alpha value is -2.15. The van der Waals surface area contributed by atoms with Gasteiger partial charge in [0.2, 0.25) is 0 Å². The lowest BCUT2D eigenvalue weighted by molar-refractivity contribution is 0.397. The molecule has 2 N–H and O–H groups in total. The lowest BCUT2D eigenvalue weighted by Crippen LogP contribution is -2.16. The van der Waals surface area contributed by atoms with Gasteiger partial charge in [0.05, 0.1) is 12.6 Å². The molecule has 0 unspecified atom stereocenters. The molecule has 0 amide bonds. The quantitative estimate of drug-likeness (QED) is 0.642. The maximum absolute atomic E-state index is 12.0. The summed E-state index contributed by atoms with van der Waals surface area (Å²) in [6.07, 6.45) is 1.52. The van der Waals surface area contributed by atoms with E-state index in [0.29, 0.717) is 10.9 Å². The van der Waals surface area contributed by atoms with Crippen LogP contribution in [-0.2, 0) is 14.8 Å². The Morgan fingerprint density at radius 3 is 2.78 bits per heavy atom. The SMILES string of the molecule is COC(N)=NS(=O)(=O)c1cccc2cccnc12. The van der Waals surface area contributed by atoms with Crippen LogP contribution < -0.4 is 5.73 Å². The molecule has 0 aliphatic heterocycles. The average Bonchev–Trinajstić information content (AvgIpc) is 2.37. The lowest BCUT2D eigenvalue weighted by Gasteiger charge is -2.04. The van der Waals surface area contributed by atoms with Gasteiger partial charge in [-0.25, -0.2) is 0 Å². The number of para-hydroxylation sites is 1. The minimum Gasteiger partial charge on any atom is -0.468 e. The molecule has 0 spiro atoms. The van der Waals surface area contributed by atoms with Gasteiger partial charge in [0.1, 0.15) is 4.90 Å². The molecule has 0 bridgehead atoms. The van der Waals surface area contributed by atoms with Crippen molar-refractivity contribution < 1.29 is 13.2 Å². The van der Waals surface area contributed by atoms with Crippen molar-refractivity contribution >= 4 is 26.9 Å². The summed E-state index contributed by atoms with van der Waals surface area (Å²) in [6, 6.07) is 7.90. The number of nitrogens with zero attached hydrogens (tertiary/aromatic N) is 2. The second-order valence-corrected chi connectivity index (χ2v) is 5.01. The molecule has 1 heterocycles. The van der Waals surface area contributed by atoms with Crippen LogP contribution >= 0.6 is 0 Å². The van der Waals surface area contributed by atoms with Crippen molar-refractivity contribution in [3.05, 3.63) is 36.5 Å². The molecule has 0 radical (unpaired) electrons. The van der Waals surface area contributed by atoms with Crippen LogP contribution in [0.1, 0.15) is 0 Å². The van der Waals surface area contributed by atoms with Crippen molar-refractivity contribution in [2.24, 2.45) is 10.1 Å². The van der Waals surface area contributed by atoms with Crippen molar-refractivity contribution in [1.29, 1.82) is 0 Å². The first-order valence-electron chi connectivity index (χ1n) is 5.03. The monoisotopic (exact) mass is 265 g/mol. The maximum Gasteiger partial charge on any atom is 0.297 e. The summed E-state index contributed by atoms with van der Waals surface area (Å²) in [5.41, 5.74) is 5.62. The number of hydrogen-bond acceptors (Lipinski definition) is 4. The number of rotatable bonds is 2. The van der Waals surface area contributed by atoms with Crippen molar-refractivity contribution in [3.63, 3.8) is 0 Å². The summed E-state index contributed by atoms with van der Waals surface area (Å²) in [5.74, 6) is 0. The summed E-state index contributed by atoms with van der Waals surface area (Å²) < 4.78 is 32.0. The molecule has 94 valence electrons. The van der Waals surface area contributed by atoms with Gasteiger partial charge in [0.15, 0.2) is 0 Å². The molecule has 0 saturated carbocycles. The Balaban J connectivity index is 2.69. The van der Waals surface area contributed by atoms with E-state index in [2.05, 4.69) is 14.1 Å². The highest BCUT2D eigenvalue weighted by atomic mass is 32.2. The molecular weight excluding hydrogens is 254 g/mol. The predicted molar refractivity (Wildman–Crippen MR) is 67.6 cm³/mol. The molecule has 0 fully saturated rings. The highest BCUT2D eigenvalue weighted by Gasteiger charge is 2.18. The van der Waals surface area contributed by atoms with Gasteiger partial charge in [-0.3, -0.25) is 4.98 Å². The van der Waals surface area contributed by atoms with Gasteiger partial charge in [-0.1, -0.05) is 18.2 Å². The largest absolute Gasteiger partial charge is 0.468 e. The lowest BCUT2D eigenvalue weighted by atomic mass is 10.2. The van der Waals surface area contributed by atoms with Gasteiger partial charge in [-0.05, 0) is 12.1 Å². The van der Waals surface area contributed by atoms with E-state index in [0.717, 1.165) is 0 Å². The van der Waals surface area contributed by atoms with Crippen LogP contribution in [0.5, 0.6) is 0 Å². The van der Waals surface area contributed by atoms with Crippen molar-refractivity contribution in [2.75, 3.05) is 7.11 Å². The topological polar surface area (TPSA) is 94.6 Å². The number of nitrogens with two attached hydrogens (primary N) is 1. The van der Waals surface area contributed by atoms with E-state index in [1.165, 1.54) is 19.4 Å². The van der Waals surface area contributed by atoms with E-state index in [9.17, 15) is 8.42 Å². The minimum atomic E-state index is -3.92. The molecule has 2 rings (SSSR count). The van der Waals surface area contributed by atoms with Gasteiger partial charge in [-0.15, -0.1) is 4.40 Å². The molecule has 1 aromatic heterocycles. The van der Waals surface area contributed by atoms with Crippen LogP contribution in [0.4, 0.5) is 0 Å². The summed E-state index contributed by atoms with van der Waals surface area (Å²) in [6.45, 7) is 0. The minimum absolute atomic E-state index is 0.000556. The van der Waals surface area contributed by atoms with E-state index >= 15 is 0 Å². The van der Waals surface area contributed by atoms with Crippen LogP contribution in [0, 0.1) is 0 Å². The fraction of sp³-hybridized carbons (Fsp3) is 0.0909. The number of amidine groups is 1. The second kappa shape index (κ2) is 4.61. The normalized spacial score (nSPS) is 12.6. The Morgan fingerprint density at radius 2 is 2.06 bits per heavy atom. The van der Waals surface area contributed by atoms with Crippen molar-refractivity contribution in [1.82, 2.24) is 4.98 Å². The van der Waals surface area contributed by atoms with Crippen molar-refractivity contribution in [3.8, 4) is 0 Å². The second-order valence-electron chi connectivity index (χ2n) is 3.44. The summed E-state index contributed by atoms with van der Waals surface area (Å²) >= 11 is 0. The molecule has 0 aliphatic carbocycles. The number of aromatic nitrogens is 1. The number of sulfonamides is 1. The molecule has 7 heteroatoms. The summed E-state index contributed by atoms with van der Waals surface area (Å²) in [5, 5.41) is 0.713. The molecule has 0 aliphatic rings. The van der Waals surface area contributed by atoms with Gasteiger partial charge >= 0.3 is 0 Å². The highest BCUT2D eigenvalue weighted by molar-refractivity contribution is 7.90. The fourth-order valence-electron chi connectivity index (χ4n) is 1.49. The zero-order chi connectivity index (χ0) is 13.2. The first-order chi connectivity index (χ1) is 8.54. The third-order valence-electron chi connectivity index (χ3n) is 2.29. The van der Waals surface area contributed by atoms with E-state index in [-0.39, 0.29) is 4.90 Å². The van der Waals surface area contributed by atoms with Gasteiger partial charge in [0, 0.05) is 11.6 Å². The van der Waals surface area contributed by atoms with Crippen LogP contribution in [0.15, 0.2) is 45.8 Å². The number of benzene rings is 1. The van der Waals surface area contributed by atoms with Gasteiger partial charge in [-0.2, -0.15) is 8.42 Å². The Bertz CT molecular complexity index is 705.